The van der Waals surface area contributed by atoms with Crippen molar-refractivity contribution in [1.29, 1.82) is 0 Å². The van der Waals surface area contributed by atoms with Crippen molar-refractivity contribution < 1.29 is 47.9 Å². The lowest BCUT2D eigenvalue weighted by molar-refractivity contribution is -0.275. The highest BCUT2D eigenvalue weighted by Crippen LogP contribution is 2.37. The highest BCUT2D eigenvalue weighted by Gasteiger charge is 2.38. The number of aryl methyl sites for hydroxylation is 1. The van der Waals surface area contributed by atoms with Crippen LogP contribution in [0.25, 0.3) is 0 Å². The Morgan fingerprint density at radius 2 is 1.32 bits per heavy atom. The van der Waals surface area contributed by atoms with Crippen LogP contribution in [0.3, 0.4) is 0 Å². The van der Waals surface area contributed by atoms with Gasteiger partial charge in [0.05, 0.1) is 5.56 Å². The van der Waals surface area contributed by atoms with Crippen molar-refractivity contribution in [2.24, 2.45) is 0 Å². The van der Waals surface area contributed by atoms with Crippen LogP contribution in [0, 0.1) is 10.5 Å². The molecular weight excluding hydrogens is 636 g/mol. The maximum absolute atomic E-state index is 12.4. The number of rotatable bonds is 3. The minimum absolute atomic E-state index is 0.0579. The first-order valence-corrected chi connectivity index (χ1v) is 13.1. The fraction of sp³-hybridized carbons (Fsp3) is 0.200. The number of alkyl halides is 6. The van der Waals surface area contributed by atoms with Crippen LogP contribution in [0.1, 0.15) is 11.1 Å². The summed E-state index contributed by atoms with van der Waals surface area (Å²) in [4.78, 5) is -1.56. The summed E-state index contributed by atoms with van der Waals surface area (Å²) in [6, 6.07) is 6.48. The van der Waals surface area contributed by atoms with Gasteiger partial charge in [0, 0.05) is 24.9 Å². The fourth-order valence-corrected chi connectivity index (χ4v) is 6.52. The SMILES string of the molecule is Cc1cccc(OC(F)(F)F)c1S(=O)(=O)Cl.O=S(=O)(Cl)c1c(I)cccc1C(F)(F)F. The molecule has 31 heavy (non-hydrogen) atoms. The molecule has 0 saturated carbocycles. The molecule has 0 atom stereocenters. The van der Waals surface area contributed by atoms with E-state index in [1.54, 1.807) is 0 Å². The van der Waals surface area contributed by atoms with Gasteiger partial charge in [0.2, 0.25) is 0 Å². The van der Waals surface area contributed by atoms with Crippen molar-refractivity contribution in [3.8, 4) is 5.75 Å². The third-order valence-electron chi connectivity index (χ3n) is 3.16. The normalized spacial score (nSPS) is 12.7. The molecule has 2 aromatic carbocycles. The molecule has 0 aromatic heterocycles. The quantitative estimate of drug-likeness (QED) is 0.231. The molecular formula is C15H9Cl2F6IO5S2. The Bertz CT molecular complexity index is 1170. The molecule has 0 N–H and O–H groups in total. The molecule has 0 saturated heterocycles. The van der Waals surface area contributed by atoms with Crippen LogP contribution in [-0.2, 0) is 24.3 Å². The highest BCUT2D eigenvalue weighted by atomic mass is 127. The second-order valence-corrected chi connectivity index (χ2v) is 11.6. The monoisotopic (exact) mass is 644 g/mol. The number of benzene rings is 2. The Morgan fingerprint density at radius 3 is 1.71 bits per heavy atom. The zero-order valence-electron chi connectivity index (χ0n) is 14.7. The lowest BCUT2D eigenvalue weighted by atomic mass is 10.2. The van der Waals surface area contributed by atoms with Gasteiger partial charge >= 0.3 is 12.5 Å². The number of ether oxygens (including phenoxy) is 1. The maximum atomic E-state index is 12.4. The van der Waals surface area contributed by atoms with Gasteiger partial charge in [-0.2, -0.15) is 13.2 Å². The molecule has 174 valence electrons. The van der Waals surface area contributed by atoms with Crippen LogP contribution < -0.4 is 4.74 Å². The zero-order valence-corrected chi connectivity index (χ0v) is 20.0. The van der Waals surface area contributed by atoms with Gasteiger partial charge in [-0.05, 0) is 53.3 Å². The first-order valence-electron chi connectivity index (χ1n) is 7.35. The summed E-state index contributed by atoms with van der Waals surface area (Å²) in [5.41, 5.74) is -1.17. The summed E-state index contributed by atoms with van der Waals surface area (Å²) in [7, 11) is 1.27. The summed E-state index contributed by atoms with van der Waals surface area (Å²) in [6.45, 7) is 1.32. The van der Waals surface area contributed by atoms with Crippen molar-refractivity contribution in [2.75, 3.05) is 0 Å². The predicted octanol–water partition coefficient (Wildman–Crippen LogP) is 6.06. The van der Waals surface area contributed by atoms with E-state index in [0.717, 1.165) is 12.1 Å². The second-order valence-electron chi connectivity index (χ2n) is 5.44. The van der Waals surface area contributed by atoms with E-state index >= 15 is 0 Å². The fourth-order valence-electron chi connectivity index (χ4n) is 2.12. The van der Waals surface area contributed by atoms with E-state index in [9.17, 15) is 43.2 Å². The Kier molecular flexibility index (Phi) is 8.95. The Balaban J connectivity index is 0.000000311. The number of hydrogen-bond donors (Lipinski definition) is 0. The maximum Gasteiger partial charge on any atom is 0.573 e. The molecule has 0 aliphatic rings. The summed E-state index contributed by atoms with van der Waals surface area (Å²) in [5.74, 6) is -0.831. The molecule has 0 amide bonds. The molecule has 0 unspecified atom stereocenters. The van der Waals surface area contributed by atoms with Crippen LogP contribution in [-0.4, -0.2) is 23.2 Å². The standard InChI is InChI=1S/C8H6ClF3O3S.C7H3ClF3IO2S/c1-5-3-2-4-6(15-8(10,11)12)7(5)16(9,13)14;8-15(13,14)6-4(7(9,10)11)2-1-3-5(6)12/h2-4H,1H3;1-3H. The average Bonchev–Trinajstić information content (AvgIpc) is 2.50. The summed E-state index contributed by atoms with van der Waals surface area (Å²) < 4.78 is 121. The highest BCUT2D eigenvalue weighted by molar-refractivity contribution is 14.1. The van der Waals surface area contributed by atoms with Crippen molar-refractivity contribution >= 4 is 62.1 Å². The van der Waals surface area contributed by atoms with Crippen LogP contribution >= 0.6 is 44.0 Å². The third kappa shape index (κ3) is 8.47. The first-order chi connectivity index (χ1) is 13.7. The van der Waals surface area contributed by atoms with Gasteiger partial charge in [0.15, 0.2) is 0 Å². The molecule has 0 aliphatic heterocycles. The lowest BCUT2D eigenvalue weighted by Crippen LogP contribution is -2.18. The molecule has 0 fully saturated rings. The zero-order chi connectivity index (χ0) is 24.4. The van der Waals surface area contributed by atoms with Gasteiger partial charge in [0.25, 0.3) is 18.1 Å². The van der Waals surface area contributed by atoms with Crippen molar-refractivity contribution in [1.82, 2.24) is 0 Å². The summed E-state index contributed by atoms with van der Waals surface area (Å²) in [5, 5.41) is 0. The Labute approximate surface area is 195 Å². The topological polar surface area (TPSA) is 77.5 Å². The first kappa shape index (κ1) is 28.1. The van der Waals surface area contributed by atoms with Gasteiger partial charge in [-0.15, -0.1) is 13.2 Å². The van der Waals surface area contributed by atoms with Crippen LogP contribution in [0.4, 0.5) is 26.3 Å². The molecule has 0 aliphatic carbocycles. The van der Waals surface area contributed by atoms with Gasteiger partial charge in [0.1, 0.15) is 15.5 Å². The average molecular weight is 645 g/mol. The minimum atomic E-state index is -4.97. The number of hydrogen-bond acceptors (Lipinski definition) is 5. The molecule has 2 aromatic rings. The van der Waals surface area contributed by atoms with Gasteiger partial charge in [-0.1, -0.05) is 18.2 Å². The van der Waals surface area contributed by atoms with Gasteiger partial charge < -0.3 is 4.74 Å². The van der Waals surface area contributed by atoms with E-state index in [4.69, 9.17) is 21.4 Å². The third-order valence-corrected chi connectivity index (χ3v) is 7.29. The van der Waals surface area contributed by atoms with E-state index in [1.165, 1.54) is 47.7 Å². The van der Waals surface area contributed by atoms with E-state index < -0.39 is 51.7 Å². The summed E-state index contributed by atoms with van der Waals surface area (Å²) >= 11 is 1.49. The molecule has 16 heteroatoms. The van der Waals surface area contributed by atoms with Crippen molar-refractivity contribution in [3.63, 3.8) is 0 Å². The molecule has 2 rings (SSSR count). The van der Waals surface area contributed by atoms with Crippen LogP contribution in [0.2, 0.25) is 0 Å². The summed E-state index contributed by atoms with van der Waals surface area (Å²) in [6.07, 6.45) is -9.71. The van der Waals surface area contributed by atoms with Crippen molar-refractivity contribution in [3.05, 3.63) is 51.1 Å². The molecule has 5 nitrogen and oxygen atoms in total. The second kappa shape index (κ2) is 9.89. The predicted molar refractivity (Wildman–Crippen MR) is 108 cm³/mol. The number of halogens is 9. The molecule has 0 spiro atoms. The largest absolute Gasteiger partial charge is 0.573 e. The molecule has 0 heterocycles. The van der Waals surface area contributed by atoms with Gasteiger partial charge in [-0.25, -0.2) is 16.8 Å². The van der Waals surface area contributed by atoms with Gasteiger partial charge in [-0.3, -0.25) is 0 Å². The Hall–Kier alpha value is -0.970. The Morgan fingerprint density at radius 1 is 0.839 bits per heavy atom. The van der Waals surface area contributed by atoms with E-state index in [-0.39, 0.29) is 9.13 Å². The molecule has 0 bridgehead atoms. The smallest absolute Gasteiger partial charge is 0.404 e. The van der Waals surface area contributed by atoms with E-state index in [0.29, 0.717) is 6.07 Å². The molecule has 0 radical (unpaired) electrons. The lowest BCUT2D eigenvalue weighted by Gasteiger charge is -2.12. The van der Waals surface area contributed by atoms with Crippen molar-refractivity contribution in [2.45, 2.75) is 29.3 Å². The van der Waals surface area contributed by atoms with Crippen LogP contribution in [0.15, 0.2) is 46.2 Å². The van der Waals surface area contributed by atoms with Crippen LogP contribution in [0.5, 0.6) is 5.75 Å². The van der Waals surface area contributed by atoms with E-state index in [1.807, 2.05) is 0 Å². The minimum Gasteiger partial charge on any atom is -0.404 e. The van der Waals surface area contributed by atoms with E-state index in [2.05, 4.69) is 4.74 Å².